The maximum Gasteiger partial charge on any atom is 0.246 e. The first-order valence-electron chi connectivity index (χ1n) is 6.18. The van der Waals surface area contributed by atoms with E-state index >= 15 is 0 Å². The highest BCUT2D eigenvalue weighted by Gasteiger charge is 2.33. The first-order valence-corrected chi connectivity index (χ1v) is 8.38. The van der Waals surface area contributed by atoms with Crippen molar-refractivity contribution in [1.29, 1.82) is 0 Å². The lowest BCUT2D eigenvalue weighted by Crippen LogP contribution is -2.46. The van der Waals surface area contributed by atoms with E-state index in [1.165, 1.54) is 4.31 Å². The molecule has 1 fully saturated rings. The molecule has 1 aromatic rings. The number of hydrogen-bond acceptors (Lipinski definition) is 3. The third-order valence-electron chi connectivity index (χ3n) is 3.35. The third kappa shape index (κ3) is 4.00. The topological polar surface area (TPSA) is 49.4 Å². The normalized spacial score (nSPS) is 20.1. The molecule has 0 amide bonds. The standard InChI is InChI=1S/C12H15Cl2FN2O2S.ClH/c1-16-9-3-2-4-17(7-9)20(18,19)12-10(13)5-8(15)6-11(12)14;/h5-6,9,16H,2-4,7H2,1H3;1H. The maximum atomic E-state index is 13.2. The summed E-state index contributed by atoms with van der Waals surface area (Å²) >= 11 is 11.7. The smallest absolute Gasteiger partial charge is 0.246 e. The van der Waals surface area contributed by atoms with Crippen LogP contribution < -0.4 is 5.32 Å². The van der Waals surface area contributed by atoms with Gasteiger partial charge in [-0.3, -0.25) is 0 Å². The average Bonchev–Trinajstić information content (AvgIpc) is 2.37. The zero-order valence-corrected chi connectivity index (χ0v) is 14.4. The fourth-order valence-electron chi connectivity index (χ4n) is 2.30. The van der Waals surface area contributed by atoms with Crippen LogP contribution in [0.15, 0.2) is 17.0 Å². The zero-order chi connectivity index (χ0) is 14.9. The predicted molar refractivity (Wildman–Crippen MR) is 84.5 cm³/mol. The fourth-order valence-corrected chi connectivity index (χ4v) is 4.96. The minimum Gasteiger partial charge on any atom is -0.316 e. The molecule has 0 radical (unpaired) electrons. The molecule has 0 saturated carbocycles. The second-order valence-electron chi connectivity index (χ2n) is 4.69. The van der Waals surface area contributed by atoms with Crippen molar-refractivity contribution in [3.8, 4) is 0 Å². The maximum absolute atomic E-state index is 13.2. The second kappa shape index (κ2) is 7.44. The highest BCUT2D eigenvalue weighted by atomic mass is 35.5. The van der Waals surface area contributed by atoms with E-state index in [0.29, 0.717) is 13.1 Å². The zero-order valence-electron chi connectivity index (χ0n) is 11.3. The summed E-state index contributed by atoms with van der Waals surface area (Å²) in [6, 6.07) is 2.01. The Morgan fingerprint density at radius 2 is 1.90 bits per heavy atom. The molecule has 2 rings (SSSR count). The Kier molecular flexibility index (Phi) is 6.71. The van der Waals surface area contributed by atoms with Crippen molar-refractivity contribution in [3.05, 3.63) is 28.0 Å². The Hall–Kier alpha value is -0.110. The molecule has 1 aromatic carbocycles. The van der Waals surface area contributed by atoms with E-state index in [9.17, 15) is 12.8 Å². The first kappa shape index (κ1) is 18.9. The van der Waals surface area contributed by atoms with Gasteiger partial charge in [0, 0.05) is 19.1 Å². The van der Waals surface area contributed by atoms with E-state index in [4.69, 9.17) is 23.2 Å². The van der Waals surface area contributed by atoms with Gasteiger partial charge in [0.15, 0.2) is 0 Å². The van der Waals surface area contributed by atoms with E-state index in [-0.39, 0.29) is 33.4 Å². The van der Waals surface area contributed by atoms with Crippen LogP contribution in [-0.2, 0) is 10.0 Å². The van der Waals surface area contributed by atoms with Gasteiger partial charge in [-0.05, 0) is 32.0 Å². The number of sulfonamides is 1. The predicted octanol–water partition coefficient (Wildman–Crippen LogP) is 2.93. The first-order chi connectivity index (χ1) is 9.36. The SMILES string of the molecule is CNC1CCCN(S(=O)(=O)c2c(Cl)cc(F)cc2Cl)C1.Cl. The molecule has 1 heterocycles. The van der Waals surface area contributed by atoms with Crippen LogP contribution in [-0.4, -0.2) is 38.9 Å². The van der Waals surface area contributed by atoms with Gasteiger partial charge >= 0.3 is 0 Å². The van der Waals surface area contributed by atoms with Crippen LogP contribution >= 0.6 is 35.6 Å². The van der Waals surface area contributed by atoms with Crippen molar-refractivity contribution < 1.29 is 12.8 Å². The van der Waals surface area contributed by atoms with E-state index in [0.717, 1.165) is 25.0 Å². The Morgan fingerprint density at radius 1 is 1.33 bits per heavy atom. The Balaban J connectivity index is 0.00000220. The van der Waals surface area contributed by atoms with Crippen molar-refractivity contribution in [1.82, 2.24) is 9.62 Å². The van der Waals surface area contributed by atoms with Gasteiger partial charge in [-0.1, -0.05) is 23.2 Å². The number of hydrogen-bond donors (Lipinski definition) is 1. The minimum atomic E-state index is -3.82. The van der Waals surface area contributed by atoms with Crippen LogP contribution in [0.4, 0.5) is 4.39 Å². The van der Waals surface area contributed by atoms with Crippen molar-refractivity contribution >= 4 is 45.6 Å². The second-order valence-corrected chi connectivity index (χ2v) is 7.38. The van der Waals surface area contributed by atoms with Crippen LogP contribution in [0, 0.1) is 5.82 Å². The van der Waals surface area contributed by atoms with Crippen LogP contribution in [0.3, 0.4) is 0 Å². The van der Waals surface area contributed by atoms with Crippen molar-refractivity contribution in [3.63, 3.8) is 0 Å². The number of piperidine rings is 1. The Bertz CT molecular complexity index is 590. The van der Waals surface area contributed by atoms with Crippen LogP contribution in [0.2, 0.25) is 10.0 Å². The van der Waals surface area contributed by atoms with Crippen LogP contribution in [0.5, 0.6) is 0 Å². The Labute approximate surface area is 140 Å². The summed E-state index contributed by atoms with van der Waals surface area (Å²) in [5.41, 5.74) is 0. The molecule has 1 atom stereocenters. The van der Waals surface area contributed by atoms with E-state index in [2.05, 4.69) is 5.32 Å². The highest BCUT2D eigenvalue weighted by molar-refractivity contribution is 7.89. The number of halogens is 4. The Morgan fingerprint density at radius 3 is 2.43 bits per heavy atom. The summed E-state index contributed by atoms with van der Waals surface area (Å²) in [6.45, 7) is 0.757. The summed E-state index contributed by atoms with van der Waals surface area (Å²) in [4.78, 5) is -0.223. The fraction of sp³-hybridized carbons (Fsp3) is 0.500. The summed E-state index contributed by atoms with van der Waals surface area (Å²) in [6.07, 6.45) is 1.66. The van der Waals surface area contributed by atoms with E-state index in [1.54, 1.807) is 7.05 Å². The number of nitrogens with one attached hydrogen (secondary N) is 1. The number of nitrogens with zero attached hydrogens (tertiary/aromatic N) is 1. The highest BCUT2D eigenvalue weighted by Crippen LogP contribution is 2.33. The van der Waals surface area contributed by atoms with Gasteiger partial charge in [-0.25, -0.2) is 12.8 Å². The van der Waals surface area contributed by atoms with E-state index < -0.39 is 15.8 Å². The largest absolute Gasteiger partial charge is 0.316 e. The van der Waals surface area contributed by atoms with Crippen molar-refractivity contribution in [2.24, 2.45) is 0 Å². The molecule has 4 nitrogen and oxygen atoms in total. The molecule has 0 aliphatic carbocycles. The lowest BCUT2D eigenvalue weighted by molar-refractivity contribution is 0.293. The number of rotatable bonds is 3. The molecule has 1 saturated heterocycles. The molecule has 21 heavy (non-hydrogen) atoms. The van der Waals surface area contributed by atoms with Gasteiger partial charge in [0.25, 0.3) is 0 Å². The van der Waals surface area contributed by atoms with Crippen LogP contribution in [0.1, 0.15) is 12.8 Å². The van der Waals surface area contributed by atoms with Gasteiger partial charge in [0.2, 0.25) is 10.0 Å². The van der Waals surface area contributed by atoms with Gasteiger partial charge in [0.05, 0.1) is 10.0 Å². The molecule has 1 unspecified atom stereocenters. The molecule has 120 valence electrons. The lowest BCUT2D eigenvalue weighted by Gasteiger charge is -2.32. The monoisotopic (exact) mass is 376 g/mol. The van der Waals surface area contributed by atoms with Gasteiger partial charge in [-0.15, -0.1) is 12.4 Å². The molecule has 0 bridgehead atoms. The summed E-state index contributed by atoms with van der Waals surface area (Å²) in [5.74, 6) is -0.661. The van der Waals surface area contributed by atoms with Gasteiger partial charge < -0.3 is 5.32 Å². The molecule has 0 aromatic heterocycles. The molecular formula is C12H16Cl3FN2O2S. The number of likely N-dealkylation sites (N-methyl/N-ethyl adjacent to an activating group) is 1. The minimum absolute atomic E-state index is 0. The van der Waals surface area contributed by atoms with E-state index in [1.807, 2.05) is 0 Å². The van der Waals surface area contributed by atoms with Crippen LogP contribution in [0.25, 0.3) is 0 Å². The van der Waals surface area contributed by atoms with Crippen molar-refractivity contribution in [2.45, 2.75) is 23.8 Å². The van der Waals surface area contributed by atoms with Gasteiger partial charge in [0.1, 0.15) is 10.7 Å². The van der Waals surface area contributed by atoms with Crippen molar-refractivity contribution in [2.75, 3.05) is 20.1 Å². The molecule has 9 heteroatoms. The summed E-state index contributed by atoms with van der Waals surface area (Å²) in [5, 5.41) is 2.68. The quantitative estimate of drug-likeness (QED) is 0.881. The molecular weight excluding hydrogens is 362 g/mol. The molecule has 1 aliphatic rings. The van der Waals surface area contributed by atoms with Gasteiger partial charge in [-0.2, -0.15) is 4.31 Å². The average molecular weight is 378 g/mol. The molecule has 1 N–H and O–H groups in total. The summed E-state index contributed by atoms with van der Waals surface area (Å²) < 4.78 is 39.7. The third-order valence-corrected chi connectivity index (χ3v) is 6.14. The summed E-state index contributed by atoms with van der Waals surface area (Å²) in [7, 11) is -2.03. The molecule has 1 aliphatic heterocycles. The number of benzene rings is 1. The molecule has 0 spiro atoms. The lowest BCUT2D eigenvalue weighted by atomic mass is 10.1.